The molecule has 4 nitrogen and oxygen atoms in total. The lowest BCUT2D eigenvalue weighted by atomic mass is 10.2. The summed E-state index contributed by atoms with van der Waals surface area (Å²) in [5, 5.41) is -0.887. The molecule has 1 atom stereocenters. The molecule has 3 rings (SSSR count). The fraction of sp³-hybridized carbons (Fsp3) is 0.0526. The zero-order valence-electron chi connectivity index (χ0n) is 13.2. The van der Waals surface area contributed by atoms with E-state index in [0.29, 0.717) is 11.4 Å². The van der Waals surface area contributed by atoms with Crippen molar-refractivity contribution in [1.82, 2.24) is 4.98 Å². The fourth-order valence-electron chi connectivity index (χ4n) is 2.33. The zero-order valence-corrected chi connectivity index (χ0v) is 15.6. The predicted molar refractivity (Wildman–Crippen MR) is 103 cm³/mol. The van der Waals surface area contributed by atoms with Crippen LogP contribution in [0.15, 0.2) is 93.4 Å². The van der Waals surface area contributed by atoms with Crippen molar-refractivity contribution in [3.8, 4) is 0 Å². The monoisotopic (exact) mass is 414 g/mol. The molecule has 0 aliphatic rings. The molecule has 0 saturated carbocycles. The molecule has 3 aromatic rings. The van der Waals surface area contributed by atoms with Crippen molar-refractivity contribution in [3.05, 3.63) is 89.0 Å². The molecule has 0 saturated heterocycles. The van der Waals surface area contributed by atoms with Gasteiger partial charge in [0, 0.05) is 16.9 Å². The maximum absolute atomic E-state index is 13.1. The van der Waals surface area contributed by atoms with E-state index in [1.807, 2.05) is 24.3 Å². The standard InChI is InChI=1S/C19H15BrN2O2S/c20-16-11-12-19(21-13-16)22-14-18(15-7-3-1-4-8-15)25(23,24)17-9-5-2-6-10-17/h1-14,18H. The van der Waals surface area contributed by atoms with E-state index in [1.165, 1.54) is 6.21 Å². The van der Waals surface area contributed by atoms with Gasteiger partial charge in [-0.05, 0) is 45.8 Å². The average molecular weight is 415 g/mol. The number of rotatable bonds is 5. The van der Waals surface area contributed by atoms with Crippen LogP contribution in [-0.4, -0.2) is 19.6 Å². The Kier molecular flexibility index (Phi) is 5.40. The Morgan fingerprint density at radius 2 is 1.56 bits per heavy atom. The quantitative estimate of drug-likeness (QED) is 0.565. The SMILES string of the molecule is O=S(=O)(c1ccccc1)C(C=Nc1ccc(Br)cn1)c1ccccc1. The van der Waals surface area contributed by atoms with Gasteiger partial charge in [-0.2, -0.15) is 0 Å². The highest BCUT2D eigenvalue weighted by Crippen LogP contribution is 2.28. The third-order valence-corrected chi connectivity index (χ3v) is 6.05. The second-order valence-corrected chi connectivity index (χ2v) is 8.29. The van der Waals surface area contributed by atoms with Gasteiger partial charge < -0.3 is 0 Å². The summed E-state index contributed by atoms with van der Waals surface area (Å²) >= 11 is 3.31. The van der Waals surface area contributed by atoms with Gasteiger partial charge in [-0.15, -0.1) is 0 Å². The van der Waals surface area contributed by atoms with Crippen LogP contribution in [0.25, 0.3) is 0 Å². The molecule has 1 heterocycles. The third kappa shape index (κ3) is 4.21. The number of pyridine rings is 1. The first-order chi connectivity index (χ1) is 12.1. The lowest BCUT2D eigenvalue weighted by Gasteiger charge is -2.14. The predicted octanol–water partition coefficient (Wildman–Crippen LogP) is 4.76. The summed E-state index contributed by atoms with van der Waals surface area (Å²) in [7, 11) is -3.62. The van der Waals surface area contributed by atoms with E-state index in [0.717, 1.165) is 4.47 Å². The van der Waals surface area contributed by atoms with Crippen LogP contribution < -0.4 is 0 Å². The van der Waals surface area contributed by atoms with Gasteiger partial charge in [0.2, 0.25) is 0 Å². The van der Waals surface area contributed by atoms with E-state index in [4.69, 9.17) is 0 Å². The summed E-state index contributed by atoms with van der Waals surface area (Å²) in [5.41, 5.74) is 0.659. The van der Waals surface area contributed by atoms with Crippen molar-refractivity contribution in [1.29, 1.82) is 0 Å². The number of aliphatic imine (C=N–C) groups is 1. The highest BCUT2D eigenvalue weighted by molar-refractivity contribution is 9.10. The van der Waals surface area contributed by atoms with Gasteiger partial charge in [0.1, 0.15) is 5.25 Å². The highest BCUT2D eigenvalue weighted by Gasteiger charge is 2.27. The number of benzene rings is 2. The van der Waals surface area contributed by atoms with Gasteiger partial charge in [0.25, 0.3) is 0 Å². The van der Waals surface area contributed by atoms with Crippen LogP contribution in [0.5, 0.6) is 0 Å². The van der Waals surface area contributed by atoms with E-state index in [9.17, 15) is 8.42 Å². The van der Waals surface area contributed by atoms with Gasteiger partial charge in [-0.1, -0.05) is 48.5 Å². The summed E-state index contributed by atoms with van der Waals surface area (Å²) in [6, 6.07) is 21.0. The van der Waals surface area contributed by atoms with Crippen molar-refractivity contribution < 1.29 is 8.42 Å². The minimum atomic E-state index is -3.62. The van der Waals surface area contributed by atoms with Crippen molar-refractivity contribution in [3.63, 3.8) is 0 Å². The van der Waals surface area contributed by atoms with Gasteiger partial charge in [-0.3, -0.25) is 0 Å². The number of sulfone groups is 1. The Labute approximate surface area is 155 Å². The van der Waals surface area contributed by atoms with Crippen molar-refractivity contribution >= 4 is 37.8 Å². The molecule has 6 heteroatoms. The molecule has 0 spiro atoms. The molecule has 0 fully saturated rings. The lowest BCUT2D eigenvalue weighted by Crippen LogP contribution is -2.15. The van der Waals surface area contributed by atoms with Gasteiger partial charge in [0.15, 0.2) is 15.7 Å². The Hall–Kier alpha value is -2.31. The molecule has 0 amide bonds. The molecule has 0 bridgehead atoms. The first-order valence-electron chi connectivity index (χ1n) is 7.57. The topological polar surface area (TPSA) is 59.4 Å². The normalized spacial score (nSPS) is 13.0. The Bertz CT molecular complexity index is 957. The smallest absolute Gasteiger partial charge is 0.190 e. The molecule has 2 aromatic carbocycles. The van der Waals surface area contributed by atoms with Crippen LogP contribution in [0.4, 0.5) is 5.82 Å². The molecular formula is C19H15BrN2O2S. The minimum absolute atomic E-state index is 0.263. The molecule has 0 aliphatic heterocycles. The van der Waals surface area contributed by atoms with Crippen LogP contribution in [0, 0.1) is 0 Å². The summed E-state index contributed by atoms with van der Waals surface area (Å²) in [6.45, 7) is 0. The second kappa shape index (κ2) is 7.72. The third-order valence-electron chi connectivity index (χ3n) is 3.59. The van der Waals surface area contributed by atoms with E-state index in [1.54, 1.807) is 54.7 Å². The molecule has 25 heavy (non-hydrogen) atoms. The fourth-order valence-corrected chi connectivity index (χ4v) is 4.13. The maximum atomic E-state index is 13.1. The maximum Gasteiger partial charge on any atom is 0.190 e. The van der Waals surface area contributed by atoms with Crippen LogP contribution in [-0.2, 0) is 9.84 Å². The zero-order chi connectivity index (χ0) is 17.7. The highest BCUT2D eigenvalue weighted by atomic mass is 79.9. The minimum Gasteiger partial charge on any atom is -0.240 e. The molecule has 0 N–H and O–H groups in total. The van der Waals surface area contributed by atoms with Crippen LogP contribution in [0.1, 0.15) is 10.8 Å². The van der Waals surface area contributed by atoms with Crippen molar-refractivity contribution in [2.45, 2.75) is 10.1 Å². The molecule has 0 aliphatic carbocycles. The first kappa shape index (κ1) is 17.5. The van der Waals surface area contributed by atoms with E-state index >= 15 is 0 Å². The molecule has 0 radical (unpaired) electrons. The number of aromatic nitrogens is 1. The summed E-state index contributed by atoms with van der Waals surface area (Å²) < 4.78 is 27.0. The van der Waals surface area contributed by atoms with Crippen LogP contribution >= 0.6 is 15.9 Å². The van der Waals surface area contributed by atoms with E-state index in [-0.39, 0.29) is 4.90 Å². The molecule has 1 aromatic heterocycles. The lowest BCUT2D eigenvalue weighted by molar-refractivity contribution is 0.593. The van der Waals surface area contributed by atoms with Gasteiger partial charge >= 0.3 is 0 Å². The number of hydrogen-bond donors (Lipinski definition) is 0. The number of halogens is 1. The summed E-state index contributed by atoms with van der Waals surface area (Å²) in [4.78, 5) is 8.70. The molecule has 1 unspecified atom stereocenters. The number of nitrogens with zero attached hydrogens (tertiary/aromatic N) is 2. The van der Waals surface area contributed by atoms with Crippen LogP contribution in [0.3, 0.4) is 0 Å². The molecule has 126 valence electrons. The first-order valence-corrected chi connectivity index (χ1v) is 9.91. The van der Waals surface area contributed by atoms with E-state index < -0.39 is 15.1 Å². The Morgan fingerprint density at radius 1 is 0.920 bits per heavy atom. The Morgan fingerprint density at radius 3 is 2.16 bits per heavy atom. The number of hydrogen-bond acceptors (Lipinski definition) is 4. The molecular weight excluding hydrogens is 400 g/mol. The largest absolute Gasteiger partial charge is 0.240 e. The summed E-state index contributed by atoms with van der Waals surface area (Å²) in [6.07, 6.45) is 3.06. The second-order valence-electron chi connectivity index (χ2n) is 5.30. The van der Waals surface area contributed by atoms with Gasteiger partial charge in [0.05, 0.1) is 4.90 Å². The van der Waals surface area contributed by atoms with Crippen molar-refractivity contribution in [2.75, 3.05) is 0 Å². The van der Waals surface area contributed by atoms with E-state index in [2.05, 4.69) is 25.9 Å². The average Bonchev–Trinajstić information content (AvgIpc) is 2.65. The van der Waals surface area contributed by atoms with Crippen molar-refractivity contribution in [2.24, 2.45) is 4.99 Å². The van der Waals surface area contributed by atoms with Gasteiger partial charge in [-0.25, -0.2) is 18.4 Å². The Balaban J connectivity index is 2.03. The van der Waals surface area contributed by atoms with Crippen LogP contribution in [0.2, 0.25) is 0 Å². The summed E-state index contributed by atoms with van der Waals surface area (Å²) in [5.74, 6) is 0.451.